The molecule has 2 amide bonds. The highest BCUT2D eigenvalue weighted by Gasteiger charge is 2.37. The molecule has 0 aliphatic carbocycles. The van der Waals surface area contributed by atoms with Crippen LogP contribution >= 0.6 is 0 Å². The summed E-state index contributed by atoms with van der Waals surface area (Å²) in [6, 6.07) is 9.35. The van der Waals surface area contributed by atoms with Gasteiger partial charge in [-0.15, -0.1) is 0 Å². The summed E-state index contributed by atoms with van der Waals surface area (Å²) in [5, 5.41) is 10.9. The fraction of sp³-hybridized carbons (Fsp3) is 0.448. The van der Waals surface area contributed by atoms with Gasteiger partial charge in [0.15, 0.2) is 5.82 Å². The lowest BCUT2D eigenvalue weighted by atomic mass is 9.97. The Hall–Kier alpha value is -4.08. The second kappa shape index (κ2) is 9.91. The number of ether oxygens (including phenoxy) is 1. The number of pyridine rings is 1. The number of carboxylic acid groups (broad SMARTS) is 1. The number of hydrogen-bond donors (Lipinski definition) is 1. The number of hydrogen-bond acceptors (Lipinski definition) is 5. The van der Waals surface area contributed by atoms with Crippen LogP contribution in [0.25, 0.3) is 33.6 Å². The molecule has 0 unspecified atom stereocenters. The molecule has 1 N–H and O–H groups in total. The van der Waals surface area contributed by atoms with Gasteiger partial charge < -0.3 is 23.9 Å². The Bertz CT molecular complexity index is 1560. The van der Waals surface area contributed by atoms with Crippen molar-refractivity contribution in [2.24, 2.45) is 7.05 Å². The Labute approximate surface area is 227 Å². The van der Waals surface area contributed by atoms with Crippen LogP contribution in [-0.2, 0) is 13.6 Å². The number of rotatable bonds is 5. The van der Waals surface area contributed by atoms with Crippen molar-refractivity contribution in [2.75, 3.05) is 20.2 Å². The van der Waals surface area contributed by atoms with Crippen LogP contribution in [0.5, 0.6) is 5.75 Å². The minimum absolute atomic E-state index is 0.154. The third kappa shape index (κ3) is 4.57. The second-order valence-corrected chi connectivity index (χ2v) is 11.1. The van der Waals surface area contributed by atoms with Gasteiger partial charge in [0.05, 0.1) is 24.4 Å². The third-order valence-electron chi connectivity index (χ3n) is 7.58. The van der Waals surface area contributed by atoms with E-state index in [4.69, 9.17) is 9.72 Å². The molecule has 0 saturated carbocycles. The van der Waals surface area contributed by atoms with E-state index in [0.717, 1.165) is 47.5 Å². The smallest absolute Gasteiger partial charge is 0.408 e. The molecule has 39 heavy (non-hydrogen) atoms. The lowest BCUT2D eigenvalue weighted by Gasteiger charge is -2.44. The molecule has 4 aromatic rings. The first kappa shape index (κ1) is 26.5. The van der Waals surface area contributed by atoms with Crippen LogP contribution in [0, 0.1) is 0 Å². The maximum atomic E-state index is 13.7. The predicted octanol–water partition coefficient (Wildman–Crippen LogP) is 5.00. The van der Waals surface area contributed by atoms with E-state index < -0.39 is 11.6 Å². The maximum absolute atomic E-state index is 13.7. The Morgan fingerprint density at radius 2 is 2.00 bits per heavy atom. The Morgan fingerprint density at radius 1 is 1.23 bits per heavy atom. The molecule has 1 aromatic carbocycles. The van der Waals surface area contributed by atoms with Crippen molar-refractivity contribution in [3.8, 4) is 17.3 Å². The van der Waals surface area contributed by atoms with Crippen molar-refractivity contribution in [3.05, 3.63) is 42.1 Å². The van der Waals surface area contributed by atoms with E-state index in [1.54, 1.807) is 24.3 Å². The summed E-state index contributed by atoms with van der Waals surface area (Å²) in [5.74, 6) is 1.16. The third-order valence-corrected chi connectivity index (χ3v) is 7.58. The standard InChI is InChI=1S/C29H36N6O4/c1-7-34-22(15-18-10-8-12-30-25(18)34)26-31-21-14-19(16-23(39-6)24(21)32(26)5)27(36)33-13-9-11-20(17-33)35(28(37)38)29(2,3)4/h8,10,12,14-16,20H,7,9,11,13,17H2,1-6H3,(H,37,38)/t20-/m1/s1. The summed E-state index contributed by atoms with van der Waals surface area (Å²) < 4.78 is 9.88. The van der Waals surface area contributed by atoms with Crippen molar-refractivity contribution >= 4 is 34.1 Å². The summed E-state index contributed by atoms with van der Waals surface area (Å²) in [5.41, 5.74) is 3.20. The highest BCUT2D eigenvalue weighted by Crippen LogP contribution is 2.34. The summed E-state index contributed by atoms with van der Waals surface area (Å²) >= 11 is 0. The molecule has 0 spiro atoms. The average Bonchev–Trinajstić information content (AvgIpc) is 3.43. The summed E-state index contributed by atoms with van der Waals surface area (Å²) in [6.45, 7) is 9.38. The molecule has 3 aromatic heterocycles. The quantitative estimate of drug-likeness (QED) is 0.388. The van der Waals surface area contributed by atoms with Gasteiger partial charge in [-0.05, 0) is 70.9 Å². The molecule has 0 bridgehead atoms. The summed E-state index contributed by atoms with van der Waals surface area (Å²) in [4.78, 5) is 38.5. The number of amides is 2. The van der Waals surface area contributed by atoms with E-state index in [-0.39, 0.29) is 11.9 Å². The van der Waals surface area contributed by atoms with Crippen LogP contribution in [-0.4, -0.2) is 77.8 Å². The van der Waals surface area contributed by atoms with Crippen LogP contribution < -0.4 is 4.74 Å². The molecule has 1 fully saturated rings. The molecule has 5 rings (SSSR count). The second-order valence-electron chi connectivity index (χ2n) is 11.1. The Morgan fingerprint density at radius 3 is 2.67 bits per heavy atom. The zero-order valence-corrected chi connectivity index (χ0v) is 23.4. The van der Waals surface area contributed by atoms with E-state index in [1.807, 2.05) is 50.6 Å². The topological polar surface area (TPSA) is 106 Å². The lowest BCUT2D eigenvalue weighted by molar-refractivity contribution is 0.0315. The first-order valence-electron chi connectivity index (χ1n) is 13.4. The number of carbonyl (C=O) groups is 2. The number of carbonyl (C=O) groups excluding carboxylic acids is 1. The molecule has 206 valence electrons. The van der Waals surface area contributed by atoms with Gasteiger partial charge >= 0.3 is 6.09 Å². The molecular formula is C29H36N6O4. The number of likely N-dealkylation sites (tertiary alicyclic amines) is 1. The monoisotopic (exact) mass is 532 g/mol. The Balaban J connectivity index is 1.53. The first-order chi connectivity index (χ1) is 18.5. The molecule has 10 heteroatoms. The highest BCUT2D eigenvalue weighted by molar-refractivity contribution is 6.00. The molecule has 1 saturated heterocycles. The SMILES string of the molecule is CCn1c(-c2nc3cc(C(=O)N4CCC[C@@H](N(C(=O)O)C(C)(C)C)C4)cc(OC)c3n2C)cc2cccnc21. The molecule has 10 nitrogen and oxygen atoms in total. The Kier molecular flexibility index (Phi) is 6.74. The van der Waals surface area contributed by atoms with E-state index in [9.17, 15) is 14.7 Å². The summed E-state index contributed by atoms with van der Waals surface area (Å²) in [7, 11) is 3.54. The van der Waals surface area contributed by atoms with Gasteiger partial charge in [-0.1, -0.05) is 0 Å². The fourth-order valence-corrected chi connectivity index (χ4v) is 5.93. The lowest BCUT2D eigenvalue weighted by Crippen LogP contribution is -2.57. The number of imidazole rings is 1. The van der Waals surface area contributed by atoms with Gasteiger partial charge in [0.1, 0.15) is 16.9 Å². The normalized spacial score (nSPS) is 16.2. The minimum Gasteiger partial charge on any atom is -0.494 e. The zero-order chi connectivity index (χ0) is 28.1. The van der Waals surface area contributed by atoms with Gasteiger partial charge in [-0.2, -0.15) is 0 Å². The average molecular weight is 533 g/mol. The number of aromatic nitrogens is 4. The zero-order valence-electron chi connectivity index (χ0n) is 23.4. The first-order valence-corrected chi connectivity index (χ1v) is 13.4. The van der Waals surface area contributed by atoms with Gasteiger partial charge in [-0.3, -0.25) is 9.69 Å². The largest absolute Gasteiger partial charge is 0.494 e. The number of methoxy groups -OCH3 is 1. The number of fused-ring (bicyclic) bond motifs is 2. The minimum atomic E-state index is -0.967. The molecular weight excluding hydrogens is 496 g/mol. The van der Waals surface area contributed by atoms with Gasteiger partial charge in [-0.25, -0.2) is 14.8 Å². The van der Waals surface area contributed by atoms with Crippen molar-refractivity contribution in [2.45, 2.75) is 58.7 Å². The van der Waals surface area contributed by atoms with E-state index in [0.29, 0.717) is 29.9 Å². The van der Waals surface area contributed by atoms with E-state index in [1.165, 1.54) is 4.90 Å². The maximum Gasteiger partial charge on any atom is 0.408 e. The van der Waals surface area contributed by atoms with Gasteiger partial charge in [0, 0.05) is 49.4 Å². The molecule has 1 aliphatic rings. The number of piperidine rings is 1. The molecule has 1 aliphatic heterocycles. The molecule has 4 heterocycles. The number of nitrogens with zero attached hydrogens (tertiary/aromatic N) is 6. The van der Waals surface area contributed by atoms with Crippen LogP contribution in [0.15, 0.2) is 36.5 Å². The van der Waals surface area contributed by atoms with Crippen molar-refractivity contribution in [1.29, 1.82) is 0 Å². The summed E-state index contributed by atoms with van der Waals surface area (Å²) in [6.07, 6.45) is 2.28. The predicted molar refractivity (Wildman–Crippen MR) is 150 cm³/mol. The van der Waals surface area contributed by atoms with Gasteiger partial charge in [0.2, 0.25) is 0 Å². The number of aryl methyl sites for hydroxylation is 2. The van der Waals surface area contributed by atoms with Crippen molar-refractivity contribution in [1.82, 2.24) is 28.9 Å². The highest BCUT2D eigenvalue weighted by atomic mass is 16.5. The van der Waals surface area contributed by atoms with Crippen LogP contribution in [0.2, 0.25) is 0 Å². The fourth-order valence-electron chi connectivity index (χ4n) is 5.93. The number of benzene rings is 1. The van der Waals surface area contributed by atoms with E-state index >= 15 is 0 Å². The van der Waals surface area contributed by atoms with Crippen molar-refractivity contribution < 1.29 is 19.4 Å². The van der Waals surface area contributed by atoms with Crippen LogP contribution in [0.1, 0.15) is 50.9 Å². The molecule has 0 radical (unpaired) electrons. The van der Waals surface area contributed by atoms with Crippen molar-refractivity contribution in [3.63, 3.8) is 0 Å². The van der Waals surface area contributed by atoms with Crippen LogP contribution in [0.4, 0.5) is 4.79 Å². The molecule has 1 atom stereocenters. The van der Waals surface area contributed by atoms with Gasteiger partial charge in [0.25, 0.3) is 5.91 Å². The van der Waals surface area contributed by atoms with E-state index in [2.05, 4.69) is 22.5 Å². The van der Waals surface area contributed by atoms with Crippen LogP contribution in [0.3, 0.4) is 0 Å².